The van der Waals surface area contributed by atoms with E-state index in [1.807, 2.05) is 29.8 Å². The van der Waals surface area contributed by atoms with Gasteiger partial charge in [0.2, 0.25) is 0 Å². The second-order valence-corrected chi connectivity index (χ2v) is 5.20. The van der Waals surface area contributed by atoms with Gasteiger partial charge in [-0.1, -0.05) is 6.07 Å². The van der Waals surface area contributed by atoms with Gasteiger partial charge in [-0.05, 0) is 26.8 Å². The maximum absolute atomic E-state index is 5.98. The summed E-state index contributed by atoms with van der Waals surface area (Å²) in [5.41, 5.74) is 6.92. The molecule has 21 heavy (non-hydrogen) atoms. The summed E-state index contributed by atoms with van der Waals surface area (Å²) in [6.45, 7) is 6.37. The molecule has 0 amide bonds. The maximum Gasteiger partial charge on any atom is 0.165 e. The van der Waals surface area contributed by atoms with Crippen molar-refractivity contribution in [3.63, 3.8) is 0 Å². The van der Waals surface area contributed by atoms with Gasteiger partial charge in [0.15, 0.2) is 5.82 Å². The minimum Gasteiger partial charge on any atom is -0.497 e. The van der Waals surface area contributed by atoms with Gasteiger partial charge in [0.1, 0.15) is 24.4 Å². The Morgan fingerprint density at radius 2 is 2.05 bits per heavy atom. The van der Waals surface area contributed by atoms with Crippen LogP contribution in [0.25, 0.3) is 0 Å². The first kappa shape index (κ1) is 15.3. The molecule has 2 aromatic rings. The van der Waals surface area contributed by atoms with Gasteiger partial charge >= 0.3 is 0 Å². The van der Waals surface area contributed by atoms with E-state index in [1.54, 1.807) is 7.11 Å². The SMILES string of the molecule is COc1ccc([C@H](C)N)c(OCc2ncnn2C(C)C)c1. The molecule has 0 saturated carbocycles. The van der Waals surface area contributed by atoms with E-state index < -0.39 is 0 Å². The molecule has 0 aliphatic carbocycles. The zero-order valence-electron chi connectivity index (χ0n) is 12.9. The molecule has 0 saturated heterocycles. The molecule has 0 aliphatic rings. The summed E-state index contributed by atoms with van der Waals surface area (Å²) in [4.78, 5) is 4.23. The third-order valence-electron chi connectivity index (χ3n) is 3.20. The van der Waals surface area contributed by atoms with Crippen LogP contribution in [0.15, 0.2) is 24.5 Å². The number of ether oxygens (including phenoxy) is 2. The van der Waals surface area contributed by atoms with Crippen LogP contribution in [0.2, 0.25) is 0 Å². The van der Waals surface area contributed by atoms with Crippen molar-refractivity contribution >= 4 is 0 Å². The number of nitrogens with zero attached hydrogens (tertiary/aromatic N) is 3. The predicted molar refractivity (Wildman–Crippen MR) is 80.3 cm³/mol. The lowest BCUT2D eigenvalue weighted by atomic mass is 10.1. The van der Waals surface area contributed by atoms with Crippen LogP contribution in [0.5, 0.6) is 11.5 Å². The highest BCUT2D eigenvalue weighted by molar-refractivity contribution is 5.42. The quantitative estimate of drug-likeness (QED) is 0.884. The van der Waals surface area contributed by atoms with Crippen molar-refractivity contribution in [2.75, 3.05) is 7.11 Å². The second kappa shape index (κ2) is 6.58. The van der Waals surface area contributed by atoms with Gasteiger partial charge in [-0.25, -0.2) is 9.67 Å². The van der Waals surface area contributed by atoms with E-state index in [0.717, 1.165) is 17.1 Å². The monoisotopic (exact) mass is 290 g/mol. The predicted octanol–water partition coefficient (Wildman–Crippen LogP) is 2.47. The fourth-order valence-electron chi connectivity index (χ4n) is 2.09. The third-order valence-corrected chi connectivity index (χ3v) is 3.20. The van der Waals surface area contributed by atoms with Crippen LogP contribution in [0, 0.1) is 0 Å². The molecule has 0 aliphatic heterocycles. The minimum absolute atomic E-state index is 0.117. The molecular weight excluding hydrogens is 268 g/mol. The molecule has 1 aromatic heterocycles. The number of hydrogen-bond donors (Lipinski definition) is 1. The molecule has 6 nitrogen and oxygen atoms in total. The van der Waals surface area contributed by atoms with Crippen LogP contribution in [0.3, 0.4) is 0 Å². The van der Waals surface area contributed by atoms with Gasteiger partial charge < -0.3 is 15.2 Å². The zero-order valence-corrected chi connectivity index (χ0v) is 12.9. The Morgan fingerprint density at radius 1 is 1.29 bits per heavy atom. The average Bonchev–Trinajstić information content (AvgIpc) is 2.93. The highest BCUT2D eigenvalue weighted by atomic mass is 16.5. The van der Waals surface area contributed by atoms with Crippen molar-refractivity contribution in [2.24, 2.45) is 5.73 Å². The molecule has 114 valence electrons. The van der Waals surface area contributed by atoms with Crippen molar-refractivity contribution in [1.82, 2.24) is 14.8 Å². The number of aromatic nitrogens is 3. The van der Waals surface area contributed by atoms with Crippen molar-refractivity contribution < 1.29 is 9.47 Å². The standard InChI is InChI=1S/C15H22N4O2/c1-10(2)19-15(17-9-18-19)8-21-14-7-12(20-4)5-6-13(14)11(3)16/h5-7,9-11H,8,16H2,1-4H3/t11-/m0/s1. The fraction of sp³-hybridized carbons (Fsp3) is 0.467. The number of methoxy groups -OCH3 is 1. The highest BCUT2D eigenvalue weighted by Crippen LogP contribution is 2.29. The Bertz CT molecular complexity index is 593. The Hall–Kier alpha value is -2.08. The average molecular weight is 290 g/mol. The van der Waals surface area contributed by atoms with Crippen LogP contribution < -0.4 is 15.2 Å². The van der Waals surface area contributed by atoms with E-state index in [4.69, 9.17) is 15.2 Å². The van der Waals surface area contributed by atoms with Crippen molar-refractivity contribution in [2.45, 2.75) is 39.5 Å². The van der Waals surface area contributed by atoms with Crippen LogP contribution in [0.1, 0.15) is 44.2 Å². The first-order valence-corrected chi connectivity index (χ1v) is 6.97. The van der Waals surface area contributed by atoms with Crippen LogP contribution in [-0.2, 0) is 6.61 Å². The van der Waals surface area contributed by atoms with E-state index in [0.29, 0.717) is 12.4 Å². The summed E-state index contributed by atoms with van der Waals surface area (Å²) in [7, 11) is 1.63. The second-order valence-electron chi connectivity index (χ2n) is 5.20. The molecule has 0 radical (unpaired) electrons. The van der Waals surface area contributed by atoms with Crippen LogP contribution in [0.4, 0.5) is 0 Å². The summed E-state index contributed by atoms with van der Waals surface area (Å²) in [5, 5.41) is 4.20. The molecule has 1 atom stereocenters. The van der Waals surface area contributed by atoms with Crippen LogP contribution in [-0.4, -0.2) is 21.9 Å². The Kier molecular flexibility index (Phi) is 4.80. The van der Waals surface area contributed by atoms with E-state index in [9.17, 15) is 0 Å². The molecular formula is C15H22N4O2. The molecule has 0 fully saturated rings. The molecule has 2 N–H and O–H groups in total. The van der Waals surface area contributed by atoms with Gasteiger partial charge in [0.05, 0.1) is 7.11 Å². The zero-order chi connectivity index (χ0) is 15.4. The van der Waals surface area contributed by atoms with E-state index >= 15 is 0 Å². The Labute approximate surface area is 124 Å². The van der Waals surface area contributed by atoms with E-state index in [-0.39, 0.29) is 12.1 Å². The number of benzene rings is 1. The molecule has 6 heteroatoms. The van der Waals surface area contributed by atoms with Gasteiger partial charge in [0, 0.05) is 23.7 Å². The van der Waals surface area contributed by atoms with Gasteiger partial charge in [-0.2, -0.15) is 5.10 Å². The molecule has 0 bridgehead atoms. The minimum atomic E-state index is -0.117. The molecule has 2 rings (SSSR count). The van der Waals surface area contributed by atoms with Crippen molar-refractivity contribution in [3.05, 3.63) is 35.9 Å². The fourth-order valence-corrected chi connectivity index (χ4v) is 2.09. The van der Waals surface area contributed by atoms with Crippen molar-refractivity contribution in [1.29, 1.82) is 0 Å². The molecule has 1 heterocycles. The normalized spacial score (nSPS) is 12.5. The van der Waals surface area contributed by atoms with Gasteiger partial charge in [-0.15, -0.1) is 0 Å². The van der Waals surface area contributed by atoms with Crippen molar-refractivity contribution in [3.8, 4) is 11.5 Å². The number of rotatable bonds is 6. The largest absolute Gasteiger partial charge is 0.497 e. The maximum atomic E-state index is 5.98. The molecule has 0 spiro atoms. The first-order valence-electron chi connectivity index (χ1n) is 6.97. The summed E-state index contributed by atoms with van der Waals surface area (Å²) < 4.78 is 13.0. The number of hydrogen-bond acceptors (Lipinski definition) is 5. The van der Waals surface area contributed by atoms with Gasteiger partial charge in [0.25, 0.3) is 0 Å². The summed E-state index contributed by atoms with van der Waals surface area (Å²) in [6.07, 6.45) is 1.54. The Balaban J connectivity index is 2.20. The van der Waals surface area contributed by atoms with E-state index in [2.05, 4.69) is 23.9 Å². The number of nitrogens with two attached hydrogens (primary N) is 1. The third kappa shape index (κ3) is 3.52. The topological polar surface area (TPSA) is 75.2 Å². The highest BCUT2D eigenvalue weighted by Gasteiger charge is 2.13. The van der Waals surface area contributed by atoms with Crippen LogP contribution >= 0.6 is 0 Å². The summed E-state index contributed by atoms with van der Waals surface area (Å²) in [5.74, 6) is 2.23. The molecule has 0 unspecified atom stereocenters. The lowest BCUT2D eigenvalue weighted by Crippen LogP contribution is -2.12. The summed E-state index contributed by atoms with van der Waals surface area (Å²) in [6, 6.07) is 5.77. The Morgan fingerprint density at radius 3 is 2.67 bits per heavy atom. The van der Waals surface area contributed by atoms with Gasteiger partial charge in [-0.3, -0.25) is 0 Å². The smallest absolute Gasteiger partial charge is 0.165 e. The lowest BCUT2D eigenvalue weighted by Gasteiger charge is -2.16. The summed E-state index contributed by atoms with van der Waals surface area (Å²) >= 11 is 0. The molecule has 1 aromatic carbocycles. The van der Waals surface area contributed by atoms with E-state index in [1.165, 1.54) is 6.33 Å². The first-order chi connectivity index (χ1) is 10.0. The lowest BCUT2D eigenvalue weighted by molar-refractivity contribution is 0.277.